The molecule has 20 heavy (non-hydrogen) atoms. The summed E-state index contributed by atoms with van der Waals surface area (Å²) in [5.74, 6) is 0.543. The Morgan fingerprint density at radius 3 is 2.85 bits per heavy atom. The zero-order valence-electron chi connectivity index (χ0n) is 12.1. The lowest BCUT2D eigenvalue weighted by Crippen LogP contribution is -2.37. The number of carbonyl (C=O) groups is 1. The highest BCUT2D eigenvalue weighted by Crippen LogP contribution is 2.19. The summed E-state index contributed by atoms with van der Waals surface area (Å²) in [6.45, 7) is 3.81. The van der Waals surface area contributed by atoms with Crippen molar-refractivity contribution in [2.75, 3.05) is 0 Å². The number of ether oxygens (including phenoxy) is 1. The number of nitrogens with zero attached hydrogens (tertiary/aromatic N) is 1. The molecule has 1 aromatic rings. The van der Waals surface area contributed by atoms with Crippen LogP contribution in [0.25, 0.3) is 0 Å². The Bertz CT molecular complexity index is 443. The molecule has 0 spiro atoms. The fourth-order valence-corrected chi connectivity index (χ4v) is 1.82. The Labute approximate surface area is 119 Å². The van der Waals surface area contributed by atoms with E-state index in [2.05, 4.69) is 17.2 Å². The van der Waals surface area contributed by atoms with Crippen LogP contribution in [0.1, 0.15) is 38.8 Å². The van der Waals surface area contributed by atoms with Crippen LogP contribution in [0.4, 0.5) is 0 Å². The van der Waals surface area contributed by atoms with Crippen molar-refractivity contribution in [3.05, 3.63) is 24.0 Å². The molecule has 110 valence electrons. The van der Waals surface area contributed by atoms with E-state index in [4.69, 9.17) is 10.5 Å². The van der Waals surface area contributed by atoms with E-state index in [-0.39, 0.29) is 11.9 Å². The maximum Gasteiger partial charge on any atom is 0.260 e. The molecule has 1 saturated carbocycles. The maximum absolute atomic E-state index is 11.8. The van der Waals surface area contributed by atoms with Gasteiger partial charge in [-0.3, -0.25) is 9.78 Å². The van der Waals surface area contributed by atoms with Crippen LogP contribution in [0.2, 0.25) is 0 Å². The highest BCUT2D eigenvalue weighted by atomic mass is 16.5. The minimum absolute atomic E-state index is 0.0652. The number of nitrogens with two attached hydrogens (primary N) is 1. The van der Waals surface area contributed by atoms with E-state index in [1.807, 2.05) is 12.1 Å². The van der Waals surface area contributed by atoms with E-state index < -0.39 is 6.10 Å². The molecule has 1 fully saturated rings. The topological polar surface area (TPSA) is 77.2 Å². The van der Waals surface area contributed by atoms with Gasteiger partial charge in [-0.2, -0.15) is 0 Å². The first-order valence-electron chi connectivity index (χ1n) is 7.26. The molecule has 0 radical (unpaired) electrons. The predicted molar refractivity (Wildman–Crippen MR) is 77.5 cm³/mol. The molecule has 1 aromatic heterocycles. The van der Waals surface area contributed by atoms with E-state index in [1.54, 1.807) is 13.1 Å². The minimum atomic E-state index is -0.499. The molecule has 0 bridgehead atoms. The van der Waals surface area contributed by atoms with E-state index in [1.165, 1.54) is 0 Å². The van der Waals surface area contributed by atoms with Gasteiger partial charge in [0, 0.05) is 24.2 Å². The third-order valence-corrected chi connectivity index (χ3v) is 3.40. The van der Waals surface area contributed by atoms with Crippen molar-refractivity contribution < 1.29 is 9.53 Å². The van der Waals surface area contributed by atoms with E-state index in [0.717, 1.165) is 31.4 Å². The van der Waals surface area contributed by atoms with Gasteiger partial charge >= 0.3 is 0 Å². The SMILES string of the molecule is CCC(N)Cc1ccc(OC(C)C(=O)NC2CC2)cn1. The zero-order valence-corrected chi connectivity index (χ0v) is 12.1. The number of aromatic nitrogens is 1. The average Bonchev–Trinajstić information content (AvgIpc) is 3.24. The molecule has 0 aromatic carbocycles. The summed E-state index contributed by atoms with van der Waals surface area (Å²) in [4.78, 5) is 16.1. The molecule has 1 aliphatic rings. The highest BCUT2D eigenvalue weighted by Gasteiger charge is 2.26. The number of hydrogen-bond donors (Lipinski definition) is 2. The molecule has 0 aliphatic heterocycles. The molecule has 2 atom stereocenters. The van der Waals surface area contributed by atoms with Gasteiger partial charge < -0.3 is 15.8 Å². The molecule has 5 nitrogen and oxygen atoms in total. The maximum atomic E-state index is 11.8. The Balaban J connectivity index is 1.84. The average molecular weight is 277 g/mol. The molecule has 1 aliphatic carbocycles. The second-order valence-electron chi connectivity index (χ2n) is 5.40. The van der Waals surface area contributed by atoms with Crippen LogP contribution in [-0.2, 0) is 11.2 Å². The Kier molecular flexibility index (Phi) is 4.95. The summed E-state index contributed by atoms with van der Waals surface area (Å²) in [7, 11) is 0. The standard InChI is InChI=1S/C15H23N3O2/c1-3-11(16)8-13-6-7-14(9-17-13)20-10(2)15(19)18-12-4-5-12/h6-7,9-12H,3-5,8,16H2,1-2H3,(H,18,19). The van der Waals surface area contributed by atoms with E-state index in [9.17, 15) is 4.79 Å². The lowest BCUT2D eigenvalue weighted by molar-refractivity contribution is -0.127. The zero-order chi connectivity index (χ0) is 14.5. The number of rotatable bonds is 7. The second-order valence-corrected chi connectivity index (χ2v) is 5.40. The molecular weight excluding hydrogens is 254 g/mol. The van der Waals surface area contributed by atoms with Gasteiger partial charge in [-0.05, 0) is 38.3 Å². The van der Waals surface area contributed by atoms with Crippen LogP contribution < -0.4 is 15.8 Å². The number of hydrogen-bond acceptors (Lipinski definition) is 4. The molecule has 2 rings (SSSR count). The lowest BCUT2D eigenvalue weighted by atomic mass is 10.1. The summed E-state index contributed by atoms with van der Waals surface area (Å²) in [5.41, 5.74) is 6.84. The van der Waals surface area contributed by atoms with Crippen LogP contribution in [0.5, 0.6) is 5.75 Å². The molecule has 3 N–H and O–H groups in total. The monoisotopic (exact) mass is 277 g/mol. The molecule has 2 unspecified atom stereocenters. The van der Waals surface area contributed by atoms with Gasteiger partial charge in [0.15, 0.2) is 6.10 Å². The highest BCUT2D eigenvalue weighted by molar-refractivity contribution is 5.81. The van der Waals surface area contributed by atoms with Gasteiger partial charge in [0.1, 0.15) is 5.75 Å². The molecular formula is C15H23N3O2. The summed E-state index contributed by atoms with van der Waals surface area (Å²) in [6, 6.07) is 4.23. The quantitative estimate of drug-likeness (QED) is 0.790. The largest absolute Gasteiger partial charge is 0.479 e. The minimum Gasteiger partial charge on any atom is -0.479 e. The van der Waals surface area contributed by atoms with Crippen LogP contribution in [-0.4, -0.2) is 29.1 Å². The van der Waals surface area contributed by atoms with Crippen molar-refractivity contribution in [3.8, 4) is 5.75 Å². The Morgan fingerprint density at radius 2 is 2.30 bits per heavy atom. The normalized spacial score (nSPS) is 17.4. The van der Waals surface area contributed by atoms with Gasteiger partial charge in [0.25, 0.3) is 5.91 Å². The van der Waals surface area contributed by atoms with Crippen molar-refractivity contribution in [2.45, 2.75) is 57.7 Å². The van der Waals surface area contributed by atoms with Crippen LogP contribution in [0.15, 0.2) is 18.3 Å². The summed E-state index contributed by atoms with van der Waals surface area (Å²) >= 11 is 0. The Hall–Kier alpha value is -1.62. The molecule has 1 amide bonds. The van der Waals surface area contributed by atoms with Crippen molar-refractivity contribution in [1.82, 2.24) is 10.3 Å². The van der Waals surface area contributed by atoms with Gasteiger partial charge in [-0.25, -0.2) is 0 Å². The van der Waals surface area contributed by atoms with Crippen LogP contribution >= 0.6 is 0 Å². The lowest BCUT2D eigenvalue weighted by Gasteiger charge is -2.14. The summed E-state index contributed by atoms with van der Waals surface area (Å²) in [5, 5.41) is 2.92. The number of pyridine rings is 1. The van der Waals surface area contributed by atoms with Gasteiger partial charge in [-0.1, -0.05) is 6.92 Å². The number of carbonyl (C=O) groups excluding carboxylic acids is 1. The number of amides is 1. The van der Waals surface area contributed by atoms with Crippen molar-refractivity contribution in [1.29, 1.82) is 0 Å². The van der Waals surface area contributed by atoms with E-state index in [0.29, 0.717) is 11.8 Å². The molecule has 1 heterocycles. The van der Waals surface area contributed by atoms with Crippen molar-refractivity contribution in [3.63, 3.8) is 0 Å². The number of nitrogens with one attached hydrogen (secondary N) is 1. The smallest absolute Gasteiger partial charge is 0.260 e. The fraction of sp³-hybridized carbons (Fsp3) is 0.600. The third-order valence-electron chi connectivity index (χ3n) is 3.40. The first-order chi connectivity index (χ1) is 9.58. The second kappa shape index (κ2) is 6.70. The van der Waals surface area contributed by atoms with Crippen molar-refractivity contribution in [2.24, 2.45) is 5.73 Å². The summed E-state index contributed by atoms with van der Waals surface area (Å²) < 4.78 is 5.59. The van der Waals surface area contributed by atoms with Gasteiger partial charge in [0.2, 0.25) is 0 Å². The Morgan fingerprint density at radius 1 is 1.55 bits per heavy atom. The molecule has 0 saturated heterocycles. The van der Waals surface area contributed by atoms with Crippen LogP contribution in [0, 0.1) is 0 Å². The third kappa shape index (κ3) is 4.49. The molecule has 5 heteroatoms. The predicted octanol–water partition coefficient (Wildman–Crippen LogP) is 1.41. The van der Waals surface area contributed by atoms with Crippen LogP contribution in [0.3, 0.4) is 0 Å². The summed E-state index contributed by atoms with van der Waals surface area (Å²) in [6.07, 6.45) is 4.99. The van der Waals surface area contributed by atoms with Gasteiger partial charge in [-0.15, -0.1) is 0 Å². The van der Waals surface area contributed by atoms with E-state index >= 15 is 0 Å². The fourth-order valence-electron chi connectivity index (χ4n) is 1.82. The first-order valence-corrected chi connectivity index (χ1v) is 7.26. The van der Waals surface area contributed by atoms with Crippen molar-refractivity contribution >= 4 is 5.91 Å². The first kappa shape index (κ1) is 14.8. The van der Waals surface area contributed by atoms with Gasteiger partial charge in [0.05, 0.1) is 6.20 Å².